The maximum Gasteiger partial charge on any atom is 0.160 e. The topological polar surface area (TPSA) is 38.9 Å². The molecule has 3 nitrogen and oxygen atoms in total. The molecular formula is C60H40N2O. The highest BCUT2D eigenvalue weighted by atomic mass is 16.3. The van der Waals surface area contributed by atoms with Gasteiger partial charge in [0.05, 0.1) is 11.4 Å². The van der Waals surface area contributed by atoms with E-state index in [4.69, 9.17) is 14.4 Å². The number of hydrogen-bond donors (Lipinski definition) is 0. The van der Waals surface area contributed by atoms with Crippen LogP contribution in [0.4, 0.5) is 0 Å². The first-order chi connectivity index (χ1) is 31.1. The van der Waals surface area contributed by atoms with Crippen LogP contribution in [0.1, 0.15) is 23.6 Å². The molecule has 1 aliphatic carbocycles. The molecule has 0 saturated carbocycles. The zero-order valence-electron chi connectivity index (χ0n) is 34.7. The summed E-state index contributed by atoms with van der Waals surface area (Å²) in [7, 11) is 0. The molecule has 2 aromatic heterocycles. The van der Waals surface area contributed by atoms with Crippen LogP contribution in [0, 0.1) is 0 Å². The van der Waals surface area contributed by atoms with Gasteiger partial charge in [-0.1, -0.05) is 194 Å². The second kappa shape index (κ2) is 14.8. The minimum Gasteiger partial charge on any atom is -0.455 e. The molecule has 11 aromatic rings. The Balaban J connectivity index is 0.979. The fourth-order valence-electron chi connectivity index (χ4n) is 9.84. The Kier molecular flexibility index (Phi) is 8.62. The van der Waals surface area contributed by atoms with Crippen LogP contribution in [-0.4, -0.2) is 9.97 Å². The molecule has 9 aromatic carbocycles. The van der Waals surface area contributed by atoms with Crippen molar-refractivity contribution in [3.05, 3.63) is 241 Å². The van der Waals surface area contributed by atoms with E-state index in [-0.39, 0.29) is 5.41 Å². The SMILES string of the molecule is CC1(c2ccccc2)c2cc(-c3cccc(-c4cc(-c5cccc(-c6cccc7c6oc6ccccc67)c5)nc(-c5ccccc5)n4)c3)ccc2-c2c(-c3ccccc3)cccc21. The maximum atomic E-state index is 6.46. The monoisotopic (exact) mass is 804 g/mol. The van der Waals surface area contributed by atoms with Crippen LogP contribution >= 0.6 is 0 Å². The van der Waals surface area contributed by atoms with Crippen molar-refractivity contribution in [1.29, 1.82) is 0 Å². The van der Waals surface area contributed by atoms with E-state index in [1.807, 2.05) is 30.3 Å². The predicted octanol–water partition coefficient (Wildman–Crippen LogP) is 15.7. The average Bonchev–Trinajstić information content (AvgIpc) is 3.88. The van der Waals surface area contributed by atoms with Crippen LogP contribution in [0.25, 0.3) is 100 Å². The molecule has 0 fully saturated rings. The molecule has 0 aliphatic heterocycles. The van der Waals surface area contributed by atoms with E-state index in [0.717, 1.165) is 72.3 Å². The third-order valence-corrected chi connectivity index (χ3v) is 13.0. The van der Waals surface area contributed by atoms with Crippen molar-refractivity contribution in [2.45, 2.75) is 12.3 Å². The molecule has 0 radical (unpaired) electrons. The smallest absolute Gasteiger partial charge is 0.160 e. The lowest BCUT2D eigenvalue weighted by molar-refractivity contribution is 0.670. The van der Waals surface area contributed by atoms with Gasteiger partial charge in [-0.2, -0.15) is 0 Å². The number of fused-ring (bicyclic) bond motifs is 6. The minimum atomic E-state index is -0.346. The van der Waals surface area contributed by atoms with Gasteiger partial charge in [-0.05, 0) is 92.9 Å². The molecule has 2 heterocycles. The summed E-state index contributed by atoms with van der Waals surface area (Å²) in [4.78, 5) is 10.5. The lowest BCUT2D eigenvalue weighted by Gasteiger charge is -2.29. The molecule has 0 saturated heterocycles. The van der Waals surface area contributed by atoms with E-state index in [1.54, 1.807) is 0 Å². The van der Waals surface area contributed by atoms with Crippen LogP contribution in [0.3, 0.4) is 0 Å². The standard InChI is InChI=1S/C60H40N2O/c1-60(46-25-9-4-10-26-46)52-31-16-28-47(39-17-5-2-6-18-39)57(52)51-34-33-42(37-53(51)60)41-21-13-23-44(35-41)54-38-55(62-59(61-54)40-19-7-3-8-20-40)45-24-14-22-43(36-45)48-29-15-30-50-49-27-11-12-32-56(49)63-58(48)50/h2-38H,1H3. The van der Waals surface area contributed by atoms with Gasteiger partial charge in [0.25, 0.3) is 0 Å². The summed E-state index contributed by atoms with van der Waals surface area (Å²) in [5.74, 6) is 0.682. The Morgan fingerprint density at radius 2 is 0.921 bits per heavy atom. The zero-order valence-corrected chi connectivity index (χ0v) is 34.7. The van der Waals surface area contributed by atoms with Gasteiger partial charge in [-0.25, -0.2) is 9.97 Å². The molecule has 0 bridgehead atoms. The summed E-state index contributed by atoms with van der Waals surface area (Å²) in [6.45, 7) is 2.39. The molecule has 1 atom stereocenters. The Morgan fingerprint density at radius 1 is 0.365 bits per heavy atom. The minimum absolute atomic E-state index is 0.346. The average molecular weight is 805 g/mol. The van der Waals surface area contributed by atoms with Crippen LogP contribution in [0.2, 0.25) is 0 Å². The number of hydrogen-bond acceptors (Lipinski definition) is 3. The van der Waals surface area contributed by atoms with Crippen molar-refractivity contribution in [1.82, 2.24) is 9.97 Å². The number of aromatic nitrogens is 2. The van der Waals surface area contributed by atoms with Crippen LogP contribution in [-0.2, 0) is 5.41 Å². The predicted molar refractivity (Wildman–Crippen MR) is 259 cm³/mol. The van der Waals surface area contributed by atoms with Crippen molar-refractivity contribution in [2.24, 2.45) is 0 Å². The quantitative estimate of drug-likeness (QED) is 0.161. The first-order valence-electron chi connectivity index (χ1n) is 21.6. The second-order valence-corrected chi connectivity index (χ2v) is 16.6. The zero-order chi connectivity index (χ0) is 41.9. The van der Waals surface area contributed by atoms with E-state index < -0.39 is 0 Å². The summed E-state index contributed by atoms with van der Waals surface area (Å²) in [6, 6.07) is 80.0. The molecule has 1 aliphatic rings. The third-order valence-electron chi connectivity index (χ3n) is 13.0. The second-order valence-electron chi connectivity index (χ2n) is 16.6. The Hall–Kier alpha value is -8.14. The summed E-state index contributed by atoms with van der Waals surface area (Å²) in [6.07, 6.45) is 0. The molecule has 0 spiro atoms. The Labute approximate surface area is 366 Å². The van der Waals surface area contributed by atoms with Gasteiger partial charge in [0.2, 0.25) is 0 Å². The molecule has 12 rings (SSSR count). The molecule has 1 unspecified atom stereocenters. The van der Waals surface area contributed by atoms with Gasteiger partial charge in [0, 0.05) is 38.4 Å². The normalized spacial score (nSPS) is 14.2. The van der Waals surface area contributed by atoms with Gasteiger partial charge in [0.15, 0.2) is 5.82 Å². The number of nitrogens with zero attached hydrogens (tertiary/aromatic N) is 2. The van der Waals surface area contributed by atoms with Gasteiger partial charge in [0.1, 0.15) is 11.2 Å². The Bertz CT molecular complexity index is 3520. The fourth-order valence-corrected chi connectivity index (χ4v) is 9.84. The van der Waals surface area contributed by atoms with E-state index in [2.05, 4.69) is 201 Å². The first-order valence-corrected chi connectivity index (χ1v) is 21.6. The largest absolute Gasteiger partial charge is 0.455 e. The van der Waals surface area contributed by atoms with Crippen molar-refractivity contribution < 1.29 is 4.42 Å². The molecule has 3 heteroatoms. The molecule has 296 valence electrons. The Morgan fingerprint density at radius 3 is 1.68 bits per heavy atom. The van der Waals surface area contributed by atoms with Crippen LogP contribution in [0.5, 0.6) is 0 Å². The highest BCUT2D eigenvalue weighted by Gasteiger charge is 2.42. The van der Waals surface area contributed by atoms with E-state index in [0.29, 0.717) is 5.82 Å². The van der Waals surface area contributed by atoms with Crippen LogP contribution in [0.15, 0.2) is 229 Å². The lowest BCUT2D eigenvalue weighted by atomic mass is 9.73. The van der Waals surface area contributed by atoms with Gasteiger partial charge in [-0.3, -0.25) is 0 Å². The molecule has 63 heavy (non-hydrogen) atoms. The number of furan rings is 1. The molecule has 0 N–H and O–H groups in total. The van der Waals surface area contributed by atoms with Crippen LogP contribution < -0.4 is 0 Å². The fraction of sp³-hybridized carbons (Fsp3) is 0.0333. The highest BCUT2D eigenvalue weighted by molar-refractivity contribution is 6.09. The molecular weight excluding hydrogens is 765 g/mol. The number of para-hydroxylation sites is 2. The van der Waals surface area contributed by atoms with Crippen molar-refractivity contribution in [2.75, 3.05) is 0 Å². The van der Waals surface area contributed by atoms with Gasteiger partial charge < -0.3 is 4.42 Å². The van der Waals surface area contributed by atoms with E-state index in [1.165, 1.54) is 38.9 Å². The summed E-state index contributed by atoms with van der Waals surface area (Å²) < 4.78 is 6.46. The van der Waals surface area contributed by atoms with Crippen molar-refractivity contribution in [3.8, 4) is 78.4 Å². The van der Waals surface area contributed by atoms with Gasteiger partial charge >= 0.3 is 0 Å². The number of rotatable bonds is 7. The maximum absolute atomic E-state index is 6.46. The summed E-state index contributed by atoms with van der Waals surface area (Å²) in [5, 5.41) is 2.23. The highest BCUT2D eigenvalue weighted by Crippen LogP contribution is 2.56. The first kappa shape index (κ1) is 36.7. The lowest BCUT2D eigenvalue weighted by Crippen LogP contribution is -2.22. The van der Waals surface area contributed by atoms with Gasteiger partial charge in [-0.15, -0.1) is 0 Å². The van der Waals surface area contributed by atoms with Crippen molar-refractivity contribution in [3.63, 3.8) is 0 Å². The van der Waals surface area contributed by atoms with E-state index in [9.17, 15) is 0 Å². The summed E-state index contributed by atoms with van der Waals surface area (Å²) in [5.41, 5.74) is 19.5. The third kappa shape index (κ3) is 6.12. The van der Waals surface area contributed by atoms with E-state index >= 15 is 0 Å². The number of benzene rings is 9. The van der Waals surface area contributed by atoms with Crippen molar-refractivity contribution >= 4 is 21.9 Å². The molecule has 0 amide bonds. The summed E-state index contributed by atoms with van der Waals surface area (Å²) >= 11 is 0.